The molecule has 0 aliphatic heterocycles. The van der Waals surface area contributed by atoms with Crippen LogP contribution in [0.3, 0.4) is 0 Å². The highest BCUT2D eigenvalue weighted by molar-refractivity contribution is 5.79. The Bertz CT molecular complexity index is 325. The number of nitrogens with one attached hydrogen (secondary N) is 2. The van der Waals surface area contributed by atoms with Crippen molar-refractivity contribution < 1.29 is 19.0 Å². The molecule has 0 spiro atoms. The molecule has 0 aromatic carbocycles. The molecule has 0 aliphatic rings. The van der Waals surface area contributed by atoms with E-state index in [4.69, 9.17) is 9.47 Å². The predicted molar refractivity (Wildman–Crippen MR) is 96.4 cm³/mol. The zero-order valence-corrected chi connectivity index (χ0v) is 15.6. The van der Waals surface area contributed by atoms with Crippen molar-refractivity contribution in [3.8, 4) is 0 Å². The molecule has 0 radical (unpaired) electrons. The molecule has 2 N–H and O–H groups in total. The average Bonchev–Trinajstić information content (AvgIpc) is 2.59. The maximum absolute atomic E-state index is 11.0. The van der Waals surface area contributed by atoms with Gasteiger partial charge in [-0.15, -0.1) is 0 Å². The molecule has 0 saturated heterocycles. The molecular weight excluding hydrogens is 310 g/mol. The highest BCUT2D eigenvalue weighted by Crippen LogP contribution is 2.03. The lowest BCUT2D eigenvalue weighted by atomic mass is 10.1. The lowest BCUT2D eigenvalue weighted by Crippen LogP contribution is -2.37. The summed E-state index contributed by atoms with van der Waals surface area (Å²) in [7, 11) is 3.10. The summed E-state index contributed by atoms with van der Waals surface area (Å²) in [6.07, 6.45) is 5.50. The van der Waals surface area contributed by atoms with Crippen molar-refractivity contribution in [2.24, 2.45) is 4.99 Å². The van der Waals surface area contributed by atoms with Gasteiger partial charge in [-0.05, 0) is 26.2 Å². The standard InChI is InChI=1S/C17H35N3O4/c1-4-18-17(20-12-9-13-24-15-14-22-2)19-11-8-6-5-7-10-16(21)23-3/h4-15H2,1-3H3,(H2,18,19,20). The Morgan fingerprint density at radius 1 is 0.958 bits per heavy atom. The summed E-state index contributed by atoms with van der Waals surface area (Å²) in [5, 5.41) is 6.56. The van der Waals surface area contributed by atoms with Crippen LogP contribution in [0.4, 0.5) is 0 Å². The topological polar surface area (TPSA) is 81.2 Å². The van der Waals surface area contributed by atoms with E-state index in [2.05, 4.69) is 27.3 Å². The second-order valence-electron chi connectivity index (χ2n) is 5.39. The number of guanidine groups is 1. The van der Waals surface area contributed by atoms with Crippen LogP contribution < -0.4 is 10.6 Å². The largest absolute Gasteiger partial charge is 0.469 e. The zero-order valence-electron chi connectivity index (χ0n) is 15.6. The highest BCUT2D eigenvalue weighted by Gasteiger charge is 2.00. The zero-order chi connectivity index (χ0) is 17.9. The molecular formula is C17H35N3O4. The molecule has 7 nitrogen and oxygen atoms in total. The number of esters is 1. The summed E-state index contributed by atoms with van der Waals surface area (Å²) in [5.41, 5.74) is 0. The van der Waals surface area contributed by atoms with Crippen LogP contribution >= 0.6 is 0 Å². The van der Waals surface area contributed by atoms with Gasteiger partial charge in [0, 0.05) is 39.8 Å². The molecule has 0 fully saturated rings. The van der Waals surface area contributed by atoms with Gasteiger partial charge in [0.15, 0.2) is 5.96 Å². The minimum Gasteiger partial charge on any atom is -0.469 e. The molecule has 0 saturated carbocycles. The van der Waals surface area contributed by atoms with Crippen LogP contribution in [0, 0.1) is 0 Å². The Hall–Kier alpha value is -1.34. The van der Waals surface area contributed by atoms with E-state index in [9.17, 15) is 4.79 Å². The first-order chi connectivity index (χ1) is 11.7. The van der Waals surface area contributed by atoms with Crippen LogP contribution in [0.15, 0.2) is 4.99 Å². The second-order valence-corrected chi connectivity index (χ2v) is 5.39. The van der Waals surface area contributed by atoms with Gasteiger partial charge in [0.25, 0.3) is 0 Å². The van der Waals surface area contributed by atoms with Crippen molar-refractivity contribution in [1.82, 2.24) is 10.6 Å². The van der Waals surface area contributed by atoms with Crippen molar-refractivity contribution in [2.75, 3.05) is 53.7 Å². The Labute approximate surface area is 146 Å². The van der Waals surface area contributed by atoms with Crippen LogP contribution in [0.1, 0.15) is 45.4 Å². The third kappa shape index (κ3) is 15.6. The van der Waals surface area contributed by atoms with Crippen molar-refractivity contribution in [1.29, 1.82) is 0 Å². The van der Waals surface area contributed by atoms with Gasteiger partial charge in [-0.2, -0.15) is 0 Å². The maximum atomic E-state index is 11.0. The summed E-state index contributed by atoms with van der Waals surface area (Å²) >= 11 is 0. The van der Waals surface area contributed by atoms with E-state index < -0.39 is 0 Å². The van der Waals surface area contributed by atoms with Gasteiger partial charge in [-0.25, -0.2) is 0 Å². The SMILES string of the molecule is CCNC(=NCCCOCCOC)NCCCCCCC(=O)OC. The third-order valence-corrected chi connectivity index (χ3v) is 3.32. The number of unbranched alkanes of at least 4 members (excludes halogenated alkanes) is 3. The number of carbonyl (C=O) groups is 1. The minimum absolute atomic E-state index is 0.124. The first-order valence-electron chi connectivity index (χ1n) is 8.90. The fourth-order valence-electron chi connectivity index (χ4n) is 2.00. The number of nitrogens with zero attached hydrogens (tertiary/aromatic N) is 1. The molecule has 7 heteroatoms. The van der Waals surface area contributed by atoms with Gasteiger partial charge >= 0.3 is 5.97 Å². The minimum atomic E-state index is -0.124. The number of ether oxygens (including phenoxy) is 3. The molecule has 0 amide bonds. The summed E-state index contributed by atoms with van der Waals surface area (Å²) < 4.78 is 14.9. The summed E-state index contributed by atoms with van der Waals surface area (Å²) in [6, 6.07) is 0. The van der Waals surface area contributed by atoms with Gasteiger partial charge < -0.3 is 24.8 Å². The van der Waals surface area contributed by atoms with Gasteiger partial charge in [0.1, 0.15) is 0 Å². The predicted octanol–water partition coefficient (Wildman–Crippen LogP) is 1.72. The van der Waals surface area contributed by atoms with Crippen LogP contribution in [-0.2, 0) is 19.0 Å². The number of hydrogen-bond acceptors (Lipinski definition) is 5. The van der Waals surface area contributed by atoms with Crippen molar-refractivity contribution >= 4 is 11.9 Å². The lowest BCUT2D eigenvalue weighted by Gasteiger charge is -2.11. The van der Waals surface area contributed by atoms with E-state index in [1.807, 2.05) is 0 Å². The summed E-state index contributed by atoms with van der Waals surface area (Å²) in [5.74, 6) is 0.727. The first kappa shape index (κ1) is 22.7. The smallest absolute Gasteiger partial charge is 0.305 e. The number of carbonyl (C=O) groups excluding carboxylic acids is 1. The molecule has 0 aromatic rings. The van der Waals surface area contributed by atoms with E-state index in [1.165, 1.54) is 7.11 Å². The molecule has 0 rings (SSSR count). The average molecular weight is 345 g/mol. The molecule has 24 heavy (non-hydrogen) atoms. The van der Waals surface area contributed by atoms with Gasteiger partial charge in [-0.3, -0.25) is 9.79 Å². The Morgan fingerprint density at radius 2 is 1.75 bits per heavy atom. The van der Waals surface area contributed by atoms with Crippen molar-refractivity contribution in [3.05, 3.63) is 0 Å². The monoisotopic (exact) mass is 345 g/mol. The summed E-state index contributed by atoms with van der Waals surface area (Å²) in [4.78, 5) is 15.5. The quantitative estimate of drug-likeness (QED) is 0.204. The van der Waals surface area contributed by atoms with Crippen molar-refractivity contribution in [3.63, 3.8) is 0 Å². The number of rotatable bonds is 15. The van der Waals surface area contributed by atoms with Gasteiger partial charge in [-0.1, -0.05) is 12.8 Å². The van der Waals surface area contributed by atoms with Gasteiger partial charge in [0.05, 0.1) is 20.3 Å². The van der Waals surface area contributed by atoms with E-state index in [0.29, 0.717) is 26.2 Å². The van der Waals surface area contributed by atoms with Crippen LogP contribution in [0.2, 0.25) is 0 Å². The third-order valence-electron chi connectivity index (χ3n) is 3.32. The second kappa shape index (κ2) is 18.0. The molecule has 0 heterocycles. The van der Waals surface area contributed by atoms with E-state index in [-0.39, 0.29) is 5.97 Å². The molecule has 0 unspecified atom stereocenters. The molecule has 0 atom stereocenters. The molecule has 0 aliphatic carbocycles. The molecule has 0 bridgehead atoms. The maximum Gasteiger partial charge on any atom is 0.305 e. The fourth-order valence-corrected chi connectivity index (χ4v) is 2.00. The van der Waals surface area contributed by atoms with Crippen LogP contribution in [0.5, 0.6) is 0 Å². The fraction of sp³-hybridized carbons (Fsp3) is 0.882. The normalized spacial score (nSPS) is 11.4. The first-order valence-corrected chi connectivity index (χ1v) is 8.90. The number of methoxy groups -OCH3 is 2. The van der Waals surface area contributed by atoms with Crippen molar-refractivity contribution in [2.45, 2.75) is 45.4 Å². The van der Waals surface area contributed by atoms with E-state index >= 15 is 0 Å². The van der Waals surface area contributed by atoms with Crippen LogP contribution in [0.25, 0.3) is 0 Å². The molecule has 0 aromatic heterocycles. The molecule has 142 valence electrons. The number of hydrogen-bond donors (Lipinski definition) is 2. The Kier molecular flexibility index (Phi) is 17.0. The van der Waals surface area contributed by atoms with Gasteiger partial charge in [0.2, 0.25) is 0 Å². The Balaban J connectivity index is 3.64. The number of aliphatic imine (C=N–C) groups is 1. The highest BCUT2D eigenvalue weighted by atomic mass is 16.5. The summed E-state index contributed by atoms with van der Waals surface area (Å²) in [6.45, 7) is 6.48. The van der Waals surface area contributed by atoms with E-state index in [1.54, 1.807) is 7.11 Å². The van der Waals surface area contributed by atoms with E-state index in [0.717, 1.165) is 57.7 Å². The Morgan fingerprint density at radius 3 is 2.46 bits per heavy atom. The van der Waals surface area contributed by atoms with Crippen LogP contribution in [-0.4, -0.2) is 65.6 Å². The lowest BCUT2D eigenvalue weighted by molar-refractivity contribution is -0.140.